The number of aliphatic hydroxyl groups is 2. The molecule has 3 aromatic rings. The van der Waals surface area contributed by atoms with Crippen LogP contribution in [0.4, 0.5) is 0 Å². The van der Waals surface area contributed by atoms with E-state index in [1.165, 1.54) is 13.2 Å². The molecular formula is C22H22N2O6. The number of hydrogen-bond acceptors (Lipinski definition) is 7. The van der Waals surface area contributed by atoms with Crippen LogP contribution in [0.2, 0.25) is 0 Å². The van der Waals surface area contributed by atoms with Gasteiger partial charge >= 0.3 is 12.0 Å². The minimum Gasteiger partial charge on any atom is -0.481 e. The van der Waals surface area contributed by atoms with Gasteiger partial charge in [-0.15, -0.1) is 0 Å². The Kier molecular flexibility index (Phi) is 6.61. The number of aliphatic hydroxyl groups excluding tert-OH is 2. The molecule has 8 nitrogen and oxygen atoms in total. The lowest BCUT2D eigenvalue weighted by molar-refractivity contribution is -0.149. The van der Waals surface area contributed by atoms with Gasteiger partial charge in [-0.1, -0.05) is 60.7 Å². The largest absolute Gasteiger partial charge is 0.481 e. The van der Waals surface area contributed by atoms with Crippen molar-refractivity contribution in [2.45, 2.75) is 18.1 Å². The minimum absolute atomic E-state index is 0.113. The summed E-state index contributed by atoms with van der Waals surface area (Å²) in [5, 5.41) is 30.1. The summed E-state index contributed by atoms with van der Waals surface area (Å²) in [6.07, 6.45) is -1.58. The van der Waals surface area contributed by atoms with Gasteiger partial charge in [-0.3, -0.25) is 0 Å². The fourth-order valence-electron chi connectivity index (χ4n) is 3.36. The number of carboxylic acids is 1. The second kappa shape index (κ2) is 9.34. The van der Waals surface area contributed by atoms with Crippen LogP contribution in [0.15, 0.2) is 66.7 Å². The van der Waals surface area contributed by atoms with Crippen molar-refractivity contribution in [2.24, 2.45) is 0 Å². The van der Waals surface area contributed by atoms with Gasteiger partial charge in [0.15, 0.2) is 0 Å². The standard InChI is InChI=1S/C22H22N2O6/c1-29-18-12-17(13-25)23-21(24-18)30-19(20(27)28)22(14-26,15-8-4-2-5-9-15)16-10-6-3-7-11-16/h2-12,19,25-26H,13-14H2,1H3,(H,27,28)/t19-/m1/s1. The molecule has 0 radical (unpaired) electrons. The number of hydrogen-bond donors (Lipinski definition) is 3. The Balaban J connectivity index is 2.18. The van der Waals surface area contributed by atoms with Crippen LogP contribution in [-0.2, 0) is 16.8 Å². The molecule has 0 amide bonds. The Morgan fingerprint density at radius 3 is 2.00 bits per heavy atom. The lowest BCUT2D eigenvalue weighted by Gasteiger charge is -2.37. The van der Waals surface area contributed by atoms with Crippen molar-refractivity contribution in [1.29, 1.82) is 0 Å². The zero-order valence-corrected chi connectivity index (χ0v) is 16.3. The van der Waals surface area contributed by atoms with Crippen LogP contribution < -0.4 is 9.47 Å². The molecule has 0 aliphatic heterocycles. The van der Waals surface area contributed by atoms with Crippen LogP contribution in [0.1, 0.15) is 16.8 Å². The van der Waals surface area contributed by atoms with E-state index in [4.69, 9.17) is 9.47 Å². The highest BCUT2D eigenvalue weighted by Crippen LogP contribution is 2.37. The van der Waals surface area contributed by atoms with Gasteiger partial charge in [0.25, 0.3) is 0 Å². The third kappa shape index (κ3) is 4.10. The van der Waals surface area contributed by atoms with Crippen LogP contribution >= 0.6 is 0 Å². The summed E-state index contributed by atoms with van der Waals surface area (Å²) in [5.41, 5.74) is -0.136. The highest BCUT2D eigenvalue weighted by molar-refractivity contribution is 5.77. The second-order valence-corrected chi connectivity index (χ2v) is 6.54. The Labute approximate surface area is 173 Å². The molecular weight excluding hydrogens is 388 g/mol. The highest BCUT2D eigenvalue weighted by atomic mass is 16.5. The van der Waals surface area contributed by atoms with E-state index in [9.17, 15) is 20.1 Å². The first-order chi connectivity index (χ1) is 14.5. The summed E-state index contributed by atoms with van der Waals surface area (Å²) < 4.78 is 10.8. The number of methoxy groups -OCH3 is 1. The number of ether oxygens (including phenoxy) is 2. The number of rotatable bonds is 9. The number of benzene rings is 2. The third-order valence-electron chi connectivity index (χ3n) is 4.83. The zero-order valence-electron chi connectivity index (χ0n) is 16.3. The van der Waals surface area contributed by atoms with Crippen LogP contribution in [0.5, 0.6) is 11.9 Å². The van der Waals surface area contributed by atoms with Gasteiger partial charge in [0.2, 0.25) is 12.0 Å². The molecule has 3 rings (SSSR count). The van der Waals surface area contributed by atoms with Crippen molar-refractivity contribution >= 4 is 5.97 Å². The number of nitrogens with zero attached hydrogens (tertiary/aromatic N) is 2. The first-order valence-corrected chi connectivity index (χ1v) is 9.19. The topological polar surface area (TPSA) is 122 Å². The molecule has 1 atom stereocenters. The van der Waals surface area contributed by atoms with Crippen LogP contribution in [0.25, 0.3) is 0 Å². The molecule has 8 heteroatoms. The Bertz CT molecular complexity index is 920. The Morgan fingerprint density at radius 2 is 1.57 bits per heavy atom. The fourth-order valence-corrected chi connectivity index (χ4v) is 3.36. The van der Waals surface area contributed by atoms with Crippen LogP contribution in [-0.4, -0.2) is 51.1 Å². The molecule has 3 N–H and O–H groups in total. The van der Waals surface area contributed by atoms with E-state index >= 15 is 0 Å². The van der Waals surface area contributed by atoms with E-state index in [2.05, 4.69) is 9.97 Å². The molecule has 2 aromatic carbocycles. The Morgan fingerprint density at radius 1 is 1.00 bits per heavy atom. The summed E-state index contributed by atoms with van der Waals surface area (Å²) in [6, 6.07) is 18.7. The van der Waals surface area contributed by atoms with E-state index < -0.39 is 30.7 Å². The number of carboxylic acid groups (broad SMARTS) is 1. The second-order valence-electron chi connectivity index (χ2n) is 6.54. The maximum absolute atomic E-state index is 12.4. The molecule has 0 aliphatic rings. The van der Waals surface area contributed by atoms with Gasteiger partial charge in [0.05, 0.1) is 31.4 Å². The van der Waals surface area contributed by atoms with Crippen molar-refractivity contribution in [3.05, 3.63) is 83.6 Å². The highest BCUT2D eigenvalue weighted by Gasteiger charge is 2.48. The van der Waals surface area contributed by atoms with Crippen LogP contribution in [0, 0.1) is 0 Å². The van der Waals surface area contributed by atoms with E-state index in [1.807, 2.05) is 0 Å². The minimum atomic E-state index is -1.58. The van der Waals surface area contributed by atoms with E-state index in [0.717, 1.165) is 0 Å². The molecule has 0 spiro atoms. The summed E-state index contributed by atoms with van der Waals surface area (Å²) >= 11 is 0. The molecule has 0 unspecified atom stereocenters. The van der Waals surface area contributed by atoms with Crippen molar-refractivity contribution in [1.82, 2.24) is 9.97 Å². The molecule has 30 heavy (non-hydrogen) atoms. The van der Waals surface area contributed by atoms with Crippen molar-refractivity contribution in [3.8, 4) is 11.9 Å². The molecule has 0 saturated heterocycles. The third-order valence-corrected chi connectivity index (χ3v) is 4.83. The fraction of sp³-hybridized carbons (Fsp3) is 0.227. The van der Waals surface area contributed by atoms with E-state index in [0.29, 0.717) is 11.1 Å². The first kappa shape index (κ1) is 21.2. The lowest BCUT2D eigenvalue weighted by Crippen LogP contribution is -2.52. The van der Waals surface area contributed by atoms with Crippen molar-refractivity contribution < 1.29 is 29.6 Å². The molecule has 0 aliphatic carbocycles. The van der Waals surface area contributed by atoms with E-state index in [1.54, 1.807) is 60.7 Å². The zero-order chi connectivity index (χ0) is 21.6. The smallest absolute Gasteiger partial charge is 0.346 e. The van der Waals surface area contributed by atoms with E-state index in [-0.39, 0.29) is 17.6 Å². The van der Waals surface area contributed by atoms with Gasteiger partial charge in [-0.05, 0) is 11.1 Å². The summed E-state index contributed by atoms with van der Waals surface area (Å²) in [6.45, 7) is -0.954. The molecule has 0 fully saturated rings. The first-order valence-electron chi connectivity index (χ1n) is 9.19. The van der Waals surface area contributed by atoms with Gasteiger partial charge in [0.1, 0.15) is 0 Å². The molecule has 156 valence electrons. The lowest BCUT2D eigenvalue weighted by atomic mass is 9.70. The maximum Gasteiger partial charge on any atom is 0.346 e. The Hall–Kier alpha value is -3.49. The maximum atomic E-state index is 12.4. The van der Waals surface area contributed by atoms with Gasteiger partial charge in [-0.2, -0.15) is 9.97 Å². The number of aliphatic carboxylic acids is 1. The van der Waals surface area contributed by atoms with Gasteiger partial charge < -0.3 is 24.8 Å². The summed E-state index contributed by atoms with van der Waals surface area (Å²) in [4.78, 5) is 20.5. The molecule has 1 aromatic heterocycles. The molecule has 1 heterocycles. The van der Waals surface area contributed by atoms with Gasteiger partial charge in [-0.25, -0.2) is 4.79 Å². The van der Waals surface area contributed by atoms with Crippen LogP contribution in [0.3, 0.4) is 0 Å². The summed E-state index contributed by atoms with van der Waals surface area (Å²) in [5.74, 6) is -1.20. The predicted octanol–water partition coefficient (Wildman–Crippen LogP) is 1.79. The van der Waals surface area contributed by atoms with Crippen molar-refractivity contribution in [3.63, 3.8) is 0 Å². The summed E-state index contributed by atoms with van der Waals surface area (Å²) in [7, 11) is 1.38. The predicted molar refractivity (Wildman–Crippen MR) is 107 cm³/mol. The normalized spacial score (nSPS) is 12.2. The molecule has 0 saturated carbocycles. The van der Waals surface area contributed by atoms with Gasteiger partial charge in [0, 0.05) is 6.07 Å². The monoisotopic (exact) mass is 410 g/mol. The molecule has 0 bridgehead atoms. The van der Waals surface area contributed by atoms with Crippen molar-refractivity contribution in [2.75, 3.05) is 13.7 Å². The quantitative estimate of drug-likeness (QED) is 0.488. The SMILES string of the molecule is COc1cc(CO)nc(O[C@H](C(=O)O)C(CO)(c2ccccc2)c2ccccc2)n1. The number of carbonyl (C=O) groups is 1. The average Bonchev–Trinajstić information content (AvgIpc) is 2.80. The number of aromatic nitrogens is 2. The average molecular weight is 410 g/mol.